The molecule has 9 heteroatoms. The monoisotopic (exact) mass is 422 g/mol. The molecular weight excluding hydrogens is 396 g/mol. The second-order valence-electron chi connectivity index (χ2n) is 7.61. The number of para-hydroxylation sites is 1. The number of benzene rings is 1. The predicted molar refractivity (Wildman–Crippen MR) is 115 cm³/mol. The lowest BCUT2D eigenvalue weighted by Gasteiger charge is -2.31. The molecule has 9 nitrogen and oxygen atoms in total. The standard InChI is InChI=1S/C22H26N6O3/c1-31-13-10-23-22(30)17-6-7-18(24-14-17)16-8-11-27(12-9-16)21(29)15-28-20-5-3-2-4-19(20)25-26-28/h2-7,14,16H,8-13,15H2,1H3,(H,23,30). The number of likely N-dealkylation sites (tertiary alicyclic amines) is 1. The highest BCUT2D eigenvalue weighted by atomic mass is 16.5. The van der Waals surface area contributed by atoms with Gasteiger partial charge in [-0.3, -0.25) is 14.6 Å². The molecule has 0 atom stereocenters. The summed E-state index contributed by atoms with van der Waals surface area (Å²) in [6.07, 6.45) is 3.30. The third-order valence-electron chi connectivity index (χ3n) is 5.61. The number of nitrogens with zero attached hydrogens (tertiary/aromatic N) is 5. The molecule has 1 aliphatic heterocycles. The van der Waals surface area contributed by atoms with E-state index in [4.69, 9.17) is 4.74 Å². The molecule has 3 aromatic rings. The van der Waals surface area contributed by atoms with Gasteiger partial charge in [-0.15, -0.1) is 5.10 Å². The summed E-state index contributed by atoms with van der Waals surface area (Å²) >= 11 is 0. The third-order valence-corrected chi connectivity index (χ3v) is 5.61. The Labute approximate surface area is 180 Å². The molecular formula is C22H26N6O3. The molecule has 1 aromatic carbocycles. The molecule has 2 amide bonds. The van der Waals surface area contributed by atoms with Gasteiger partial charge in [-0.2, -0.15) is 0 Å². The zero-order chi connectivity index (χ0) is 21.6. The average Bonchev–Trinajstić information content (AvgIpc) is 3.22. The molecule has 0 spiro atoms. The highest BCUT2D eigenvalue weighted by Gasteiger charge is 2.25. The van der Waals surface area contributed by atoms with E-state index < -0.39 is 0 Å². The van der Waals surface area contributed by atoms with Crippen LogP contribution >= 0.6 is 0 Å². The topological polar surface area (TPSA) is 102 Å². The summed E-state index contributed by atoms with van der Waals surface area (Å²) in [5.41, 5.74) is 3.15. The fourth-order valence-corrected chi connectivity index (χ4v) is 3.84. The maximum atomic E-state index is 12.7. The summed E-state index contributed by atoms with van der Waals surface area (Å²) < 4.78 is 6.59. The lowest BCUT2D eigenvalue weighted by Crippen LogP contribution is -2.40. The van der Waals surface area contributed by atoms with E-state index in [2.05, 4.69) is 20.6 Å². The van der Waals surface area contributed by atoms with Crippen LogP contribution in [0.1, 0.15) is 34.8 Å². The number of ether oxygens (including phenoxy) is 1. The van der Waals surface area contributed by atoms with Gasteiger partial charge in [0, 0.05) is 44.6 Å². The SMILES string of the molecule is COCCNC(=O)c1ccc(C2CCN(C(=O)Cn3nnc4ccccc43)CC2)nc1. The third kappa shape index (κ3) is 4.88. The molecule has 0 aliphatic carbocycles. The maximum Gasteiger partial charge on any atom is 0.252 e. The van der Waals surface area contributed by atoms with E-state index >= 15 is 0 Å². The number of aromatic nitrogens is 4. The van der Waals surface area contributed by atoms with Crippen molar-refractivity contribution in [2.45, 2.75) is 25.3 Å². The van der Waals surface area contributed by atoms with E-state index in [-0.39, 0.29) is 24.3 Å². The van der Waals surface area contributed by atoms with Gasteiger partial charge in [0.15, 0.2) is 0 Å². The zero-order valence-corrected chi connectivity index (χ0v) is 17.5. The van der Waals surface area contributed by atoms with Crippen molar-refractivity contribution in [1.82, 2.24) is 30.2 Å². The number of pyridine rings is 1. The van der Waals surface area contributed by atoms with Crippen molar-refractivity contribution in [3.05, 3.63) is 53.9 Å². The van der Waals surface area contributed by atoms with Crippen molar-refractivity contribution >= 4 is 22.8 Å². The van der Waals surface area contributed by atoms with Crippen LogP contribution in [0.15, 0.2) is 42.6 Å². The molecule has 0 bridgehead atoms. The Bertz CT molecular complexity index is 1040. The molecule has 4 rings (SSSR count). The van der Waals surface area contributed by atoms with Crippen molar-refractivity contribution in [1.29, 1.82) is 0 Å². The van der Waals surface area contributed by atoms with Gasteiger partial charge in [-0.05, 0) is 37.1 Å². The number of carbonyl (C=O) groups excluding carboxylic acids is 2. The number of amides is 2. The zero-order valence-electron chi connectivity index (χ0n) is 17.5. The minimum absolute atomic E-state index is 0.0464. The molecule has 0 saturated carbocycles. The van der Waals surface area contributed by atoms with Gasteiger partial charge in [0.2, 0.25) is 5.91 Å². The van der Waals surface area contributed by atoms with Crippen LogP contribution in [0.2, 0.25) is 0 Å². The molecule has 2 aromatic heterocycles. The summed E-state index contributed by atoms with van der Waals surface area (Å²) in [6, 6.07) is 11.3. The van der Waals surface area contributed by atoms with Crippen molar-refractivity contribution in [3.8, 4) is 0 Å². The van der Waals surface area contributed by atoms with E-state index in [1.165, 1.54) is 0 Å². The van der Waals surface area contributed by atoms with Crippen LogP contribution in [0.5, 0.6) is 0 Å². The summed E-state index contributed by atoms with van der Waals surface area (Å²) in [5, 5.41) is 11.0. The normalized spacial score (nSPS) is 14.7. The number of carbonyl (C=O) groups is 2. The number of hydrogen-bond acceptors (Lipinski definition) is 6. The van der Waals surface area contributed by atoms with Crippen molar-refractivity contribution in [2.24, 2.45) is 0 Å². The quantitative estimate of drug-likeness (QED) is 0.581. The lowest BCUT2D eigenvalue weighted by molar-refractivity contribution is -0.133. The first kappa shape index (κ1) is 20.9. The second kappa shape index (κ2) is 9.65. The molecule has 162 valence electrons. The van der Waals surface area contributed by atoms with Crippen LogP contribution in [0.3, 0.4) is 0 Å². The lowest BCUT2D eigenvalue weighted by atomic mass is 9.92. The van der Waals surface area contributed by atoms with Gasteiger partial charge in [0.05, 0.1) is 17.7 Å². The minimum Gasteiger partial charge on any atom is -0.383 e. The first-order chi connectivity index (χ1) is 15.2. The van der Waals surface area contributed by atoms with Crippen LogP contribution in [0.4, 0.5) is 0 Å². The van der Waals surface area contributed by atoms with Gasteiger partial charge < -0.3 is 15.0 Å². The van der Waals surface area contributed by atoms with Crippen molar-refractivity contribution in [3.63, 3.8) is 0 Å². The Balaban J connectivity index is 1.30. The number of nitrogens with one attached hydrogen (secondary N) is 1. The minimum atomic E-state index is -0.155. The van der Waals surface area contributed by atoms with Gasteiger partial charge >= 0.3 is 0 Å². The van der Waals surface area contributed by atoms with Gasteiger partial charge in [0.1, 0.15) is 12.1 Å². The van der Waals surface area contributed by atoms with Gasteiger partial charge in [-0.1, -0.05) is 17.3 Å². The van der Waals surface area contributed by atoms with Crippen LogP contribution < -0.4 is 5.32 Å². The van der Waals surface area contributed by atoms with E-state index in [0.717, 1.165) is 29.6 Å². The highest BCUT2D eigenvalue weighted by molar-refractivity contribution is 5.93. The van der Waals surface area contributed by atoms with E-state index in [1.54, 1.807) is 24.1 Å². The summed E-state index contributed by atoms with van der Waals surface area (Å²) in [5.74, 6) is 0.171. The Morgan fingerprint density at radius 3 is 2.71 bits per heavy atom. The Kier molecular flexibility index (Phi) is 6.51. The fraction of sp³-hybridized carbons (Fsp3) is 0.409. The first-order valence-electron chi connectivity index (χ1n) is 10.4. The molecule has 0 unspecified atom stereocenters. The summed E-state index contributed by atoms with van der Waals surface area (Å²) in [4.78, 5) is 31.2. The average molecular weight is 422 g/mol. The van der Waals surface area contributed by atoms with Crippen molar-refractivity contribution in [2.75, 3.05) is 33.4 Å². The van der Waals surface area contributed by atoms with E-state index in [1.807, 2.05) is 35.2 Å². The smallest absolute Gasteiger partial charge is 0.252 e. The van der Waals surface area contributed by atoms with Gasteiger partial charge in [-0.25, -0.2) is 4.68 Å². The van der Waals surface area contributed by atoms with E-state index in [0.29, 0.717) is 31.8 Å². The van der Waals surface area contributed by atoms with Crippen molar-refractivity contribution < 1.29 is 14.3 Å². The second-order valence-corrected chi connectivity index (χ2v) is 7.61. The molecule has 31 heavy (non-hydrogen) atoms. The Morgan fingerprint density at radius 2 is 1.97 bits per heavy atom. The molecule has 3 heterocycles. The van der Waals surface area contributed by atoms with Crippen LogP contribution in [-0.2, 0) is 16.1 Å². The number of hydrogen-bond donors (Lipinski definition) is 1. The number of fused-ring (bicyclic) bond motifs is 1. The molecule has 1 fully saturated rings. The molecule has 1 aliphatic rings. The summed E-state index contributed by atoms with van der Waals surface area (Å²) in [6.45, 7) is 2.49. The van der Waals surface area contributed by atoms with Crippen LogP contribution in [0.25, 0.3) is 11.0 Å². The maximum absolute atomic E-state index is 12.7. The fourth-order valence-electron chi connectivity index (χ4n) is 3.84. The number of rotatable bonds is 7. The number of piperidine rings is 1. The summed E-state index contributed by atoms with van der Waals surface area (Å²) in [7, 11) is 1.60. The predicted octanol–water partition coefficient (Wildman–Crippen LogP) is 1.61. The Hall–Kier alpha value is -3.33. The van der Waals surface area contributed by atoms with Gasteiger partial charge in [0.25, 0.3) is 5.91 Å². The molecule has 0 radical (unpaired) electrons. The first-order valence-corrected chi connectivity index (χ1v) is 10.4. The largest absolute Gasteiger partial charge is 0.383 e. The Morgan fingerprint density at radius 1 is 1.16 bits per heavy atom. The van der Waals surface area contributed by atoms with Crippen LogP contribution in [-0.4, -0.2) is 70.0 Å². The van der Waals surface area contributed by atoms with Crippen LogP contribution in [0, 0.1) is 0 Å². The number of methoxy groups -OCH3 is 1. The molecule has 1 N–H and O–H groups in total. The highest BCUT2D eigenvalue weighted by Crippen LogP contribution is 2.27. The molecule has 1 saturated heterocycles. The van der Waals surface area contributed by atoms with E-state index in [9.17, 15) is 9.59 Å².